The van der Waals surface area contributed by atoms with Gasteiger partial charge in [-0.25, -0.2) is 15.2 Å². The van der Waals surface area contributed by atoms with Crippen LogP contribution in [0.4, 0.5) is 4.79 Å². The molecule has 0 aliphatic rings. The second-order valence-electron chi connectivity index (χ2n) is 6.39. The van der Waals surface area contributed by atoms with E-state index >= 15 is 0 Å². The van der Waals surface area contributed by atoms with Gasteiger partial charge in [-0.1, -0.05) is 54.6 Å². The molecule has 0 spiro atoms. The summed E-state index contributed by atoms with van der Waals surface area (Å²) in [4.78, 5) is 28.6. The predicted octanol–water partition coefficient (Wildman–Crippen LogP) is 3.75. The molecule has 7 heteroatoms. The molecule has 6 nitrogen and oxygen atoms in total. The van der Waals surface area contributed by atoms with Crippen LogP contribution in [0.5, 0.6) is 0 Å². The van der Waals surface area contributed by atoms with Crippen molar-refractivity contribution in [1.82, 2.24) is 21.2 Å². The number of benzene rings is 2. The van der Waals surface area contributed by atoms with Gasteiger partial charge in [0.2, 0.25) is 5.91 Å². The van der Waals surface area contributed by atoms with Gasteiger partial charge in [-0.15, -0.1) is 11.3 Å². The molecule has 1 unspecified atom stereocenters. The quantitative estimate of drug-likeness (QED) is 0.576. The molecular weight excluding hydrogens is 372 g/mol. The first-order chi connectivity index (χ1) is 13.5. The van der Waals surface area contributed by atoms with Crippen molar-refractivity contribution in [2.75, 3.05) is 0 Å². The summed E-state index contributed by atoms with van der Waals surface area (Å²) >= 11 is 1.42. The molecule has 1 heterocycles. The maximum atomic E-state index is 12.1. The monoisotopic (exact) mass is 394 g/mol. The summed E-state index contributed by atoms with van der Waals surface area (Å²) < 4.78 is 0. The molecule has 0 saturated carbocycles. The Kier molecular flexibility index (Phi) is 6.39. The number of rotatable bonds is 5. The maximum Gasteiger partial charge on any atom is 0.333 e. The summed E-state index contributed by atoms with van der Waals surface area (Å²) in [5.74, 6) is -0.326. The van der Waals surface area contributed by atoms with Crippen LogP contribution in [0, 0.1) is 6.92 Å². The minimum absolute atomic E-state index is 0.102. The average molecular weight is 395 g/mol. The van der Waals surface area contributed by atoms with Crippen molar-refractivity contribution in [2.45, 2.75) is 26.3 Å². The topological polar surface area (TPSA) is 83.1 Å². The number of amides is 3. The van der Waals surface area contributed by atoms with Crippen molar-refractivity contribution in [3.05, 3.63) is 76.1 Å². The number of thiazole rings is 1. The van der Waals surface area contributed by atoms with Crippen LogP contribution in [0.1, 0.15) is 29.1 Å². The normalized spacial score (nSPS) is 11.5. The molecule has 2 aromatic carbocycles. The molecule has 0 fully saturated rings. The summed E-state index contributed by atoms with van der Waals surface area (Å²) in [6.45, 7) is 3.88. The summed E-state index contributed by atoms with van der Waals surface area (Å²) in [6, 6.07) is 17.0. The number of carbonyl (C=O) groups excluding carboxylic acids is 2. The Morgan fingerprint density at radius 1 is 1.04 bits per heavy atom. The Bertz CT molecular complexity index is 956. The van der Waals surface area contributed by atoms with Crippen LogP contribution in [0.15, 0.2) is 60.0 Å². The maximum absolute atomic E-state index is 12.1. The highest BCUT2D eigenvalue weighted by Crippen LogP contribution is 2.21. The van der Waals surface area contributed by atoms with Crippen LogP contribution in [0.3, 0.4) is 0 Å². The van der Waals surface area contributed by atoms with Crippen molar-refractivity contribution >= 4 is 23.3 Å². The number of aromatic nitrogens is 1. The molecule has 3 aromatic rings. The van der Waals surface area contributed by atoms with Gasteiger partial charge in [-0.3, -0.25) is 10.2 Å². The van der Waals surface area contributed by atoms with Crippen LogP contribution in [0.2, 0.25) is 0 Å². The Balaban J connectivity index is 1.47. The highest BCUT2D eigenvalue weighted by molar-refractivity contribution is 7.10. The van der Waals surface area contributed by atoms with Crippen molar-refractivity contribution in [3.8, 4) is 11.3 Å². The van der Waals surface area contributed by atoms with Crippen LogP contribution < -0.4 is 16.2 Å². The molecule has 0 saturated heterocycles. The molecule has 0 aliphatic heterocycles. The van der Waals surface area contributed by atoms with Gasteiger partial charge in [-0.05, 0) is 25.0 Å². The highest BCUT2D eigenvalue weighted by Gasteiger charge is 2.13. The lowest BCUT2D eigenvalue weighted by Crippen LogP contribution is -2.48. The molecule has 0 bridgehead atoms. The van der Waals surface area contributed by atoms with Gasteiger partial charge in [0.15, 0.2) is 0 Å². The lowest BCUT2D eigenvalue weighted by molar-refractivity contribution is -0.121. The van der Waals surface area contributed by atoms with Crippen molar-refractivity contribution in [1.29, 1.82) is 0 Å². The number of hydrazine groups is 1. The zero-order valence-electron chi connectivity index (χ0n) is 15.7. The number of nitrogens with one attached hydrogen (secondary N) is 3. The fraction of sp³-hybridized carbons (Fsp3) is 0.190. The third kappa shape index (κ3) is 5.17. The molecular formula is C21H22N4O2S. The molecule has 144 valence electrons. The molecule has 3 N–H and O–H groups in total. The van der Waals surface area contributed by atoms with Gasteiger partial charge in [0, 0.05) is 10.9 Å². The lowest BCUT2D eigenvalue weighted by atomic mass is 10.0. The fourth-order valence-electron chi connectivity index (χ4n) is 2.82. The van der Waals surface area contributed by atoms with E-state index in [9.17, 15) is 9.59 Å². The number of hydrogen-bond acceptors (Lipinski definition) is 4. The van der Waals surface area contributed by atoms with Gasteiger partial charge < -0.3 is 5.32 Å². The Labute approximate surface area is 168 Å². The molecule has 1 aromatic heterocycles. The standard InChI is InChI=1S/C21H22N4O2S/c1-14-8-6-7-11-17(14)15(2)22-21(27)25-24-19(26)12-20-23-18(13-28-20)16-9-4-3-5-10-16/h3-11,13,15H,12H2,1-2H3,(H,24,26)(H2,22,25,27). The molecule has 3 rings (SSSR count). The first-order valence-electron chi connectivity index (χ1n) is 8.93. The van der Waals surface area contributed by atoms with Crippen molar-refractivity contribution in [2.24, 2.45) is 0 Å². The van der Waals surface area contributed by atoms with E-state index in [4.69, 9.17) is 0 Å². The third-order valence-corrected chi connectivity index (χ3v) is 5.10. The van der Waals surface area contributed by atoms with Gasteiger partial charge in [0.25, 0.3) is 0 Å². The summed E-state index contributed by atoms with van der Waals surface area (Å²) in [6.07, 6.45) is 0.102. The Hall–Kier alpha value is -3.19. The number of urea groups is 1. The van der Waals surface area contributed by atoms with Crippen LogP contribution >= 0.6 is 11.3 Å². The zero-order valence-corrected chi connectivity index (χ0v) is 16.5. The largest absolute Gasteiger partial charge is 0.333 e. The molecule has 0 aliphatic carbocycles. The molecule has 28 heavy (non-hydrogen) atoms. The SMILES string of the molecule is Cc1ccccc1C(C)NC(=O)NNC(=O)Cc1nc(-c2ccccc2)cs1. The van der Waals surface area contributed by atoms with Crippen molar-refractivity contribution in [3.63, 3.8) is 0 Å². The number of nitrogens with zero attached hydrogens (tertiary/aromatic N) is 1. The average Bonchev–Trinajstić information content (AvgIpc) is 3.16. The van der Waals surface area contributed by atoms with Crippen LogP contribution in [0.25, 0.3) is 11.3 Å². The van der Waals surface area contributed by atoms with E-state index in [1.807, 2.05) is 73.8 Å². The lowest BCUT2D eigenvalue weighted by Gasteiger charge is -2.17. The predicted molar refractivity (Wildman–Crippen MR) is 111 cm³/mol. The first kappa shape index (κ1) is 19.6. The van der Waals surface area contributed by atoms with E-state index in [1.165, 1.54) is 11.3 Å². The highest BCUT2D eigenvalue weighted by atomic mass is 32.1. The van der Waals surface area contributed by atoms with Crippen molar-refractivity contribution < 1.29 is 9.59 Å². The van der Waals surface area contributed by atoms with Gasteiger partial charge in [0.05, 0.1) is 18.2 Å². The minimum atomic E-state index is -0.465. The van der Waals surface area contributed by atoms with E-state index in [1.54, 1.807) is 0 Å². The summed E-state index contributed by atoms with van der Waals surface area (Å²) in [5, 5.41) is 5.41. The first-order valence-corrected chi connectivity index (χ1v) is 9.81. The van der Waals surface area contributed by atoms with E-state index in [-0.39, 0.29) is 18.4 Å². The van der Waals surface area contributed by atoms with Crippen LogP contribution in [-0.2, 0) is 11.2 Å². The number of carbonyl (C=O) groups is 2. The van der Waals surface area contributed by atoms with E-state index in [2.05, 4.69) is 21.2 Å². The zero-order chi connectivity index (χ0) is 19.9. The van der Waals surface area contributed by atoms with Gasteiger partial charge >= 0.3 is 6.03 Å². The Morgan fingerprint density at radius 2 is 1.75 bits per heavy atom. The molecule has 1 atom stereocenters. The smallest absolute Gasteiger partial charge is 0.330 e. The number of hydrogen-bond donors (Lipinski definition) is 3. The molecule has 3 amide bonds. The second kappa shape index (κ2) is 9.14. The van der Waals surface area contributed by atoms with E-state index in [0.717, 1.165) is 22.4 Å². The Morgan fingerprint density at radius 3 is 2.50 bits per heavy atom. The van der Waals surface area contributed by atoms with Crippen LogP contribution in [-0.4, -0.2) is 16.9 Å². The fourth-order valence-corrected chi connectivity index (χ4v) is 3.63. The summed E-state index contributed by atoms with van der Waals surface area (Å²) in [7, 11) is 0. The number of aryl methyl sites for hydroxylation is 1. The van der Waals surface area contributed by atoms with E-state index < -0.39 is 6.03 Å². The second-order valence-corrected chi connectivity index (χ2v) is 7.34. The van der Waals surface area contributed by atoms with E-state index in [0.29, 0.717) is 5.01 Å². The van der Waals surface area contributed by atoms with Gasteiger partial charge in [-0.2, -0.15) is 0 Å². The van der Waals surface area contributed by atoms with Gasteiger partial charge in [0.1, 0.15) is 5.01 Å². The molecule has 0 radical (unpaired) electrons. The summed E-state index contributed by atoms with van der Waals surface area (Å²) in [5.41, 5.74) is 8.77. The third-order valence-electron chi connectivity index (χ3n) is 4.25. The minimum Gasteiger partial charge on any atom is -0.330 e.